The van der Waals surface area contributed by atoms with Gasteiger partial charge in [-0.2, -0.15) is 5.10 Å². The van der Waals surface area contributed by atoms with Gasteiger partial charge in [-0.15, -0.1) is 0 Å². The second kappa shape index (κ2) is 8.05. The molecule has 140 valence electrons. The van der Waals surface area contributed by atoms with E-state index in [1.807, 2.05) is 18.2 Å². The molecule has 0 radical (unpaired) electrons. The first-order valence-electron chi connectivity index (χ1n) is 9.12. The average Bonchev–Trinajstić information content (AvgIpc) is 3.15. The number of halogens is 1. The number of para-hydroxylation sites is 1. The second-order valence-electron chi connectivity index (χ2n) is 6.57. The van der Waals surface area contributed by atoms with Gasteiger partial charge in [0.05, 0.1) is 11.3 Å². The zero-order valence-corrected chi connectivity index (χ0v) is 15.2. The van der Waals surface area contributed by atoms with E-state index in [1.54, 1.807) is 36.4 Å². The van der Waals surface area contributed by atoms with Crippen LogP contribution in [-0.2, 0) is 13.0 Å². The van der Waals surface area contributed by atoms with Crippen molar-refractivity contribution in [2.24, 2.45) is 5.10 Å². The lowest BCUT2D eigenvalue weighted by Gasteiger charge is -2.11. The van der Waals surface area contributed by atoms with Crippen LogP contribution in [0.1, 0.15) is 33.5 Å². The number of carbonyl (C=O) groups is 1. The van der Waals surface area contributed by atoms with Crippen LogP contribution in [0.25, 0.3) is 0 Å². The van der Waals surface area contributed by atoms with E-state index in [-0.39, 0.29) is 18.3 Å². The number of aryl methyl sites for hydroxylation is 1. The molecule has 0 fully saturated rings. The molecule has 5 heteroatoms. The summed E-state index contributed by atoms with van der Waals surface area (Å²) < 4.78 is 18.8. The van der Waals surface area contributed by atoms with Crippen molar-refractivity contribution in [2.75, 3.05) is 0 Å². The van der Waals surface area contributed by atoms with Crippen LogP contribution in [0.4, 0.5) is 4.39 Å². The molecule has 4 rings (SSSR count). The largest absolute Gasteiger partial charge is 0.488 e. The molecule has 0 aromatic heterocycles. The molecular formula is C23H19FN2O2. The first-order chi connectivity index (χ1) is 13.7. The molecule has 1 N–H and O–H groups in total. The highest BCUT2D eigenvalue weighted by molar-refractivity contribution is 6.05. The minimum atomic E-state index is -0.327. The van der Waals surface area contributed by atoms with Crippen molar-refractivity contribution in [3.05, 3.63) is 101 Å². The molecule has 1 amide bonds. The lowest BCUT2D eigenvalue weighted by molar-refractivity contribution is 0.0950. The molecule has 3 aromatic rings. The third-order valence-corrected chi connectivity index (χ3v) is 4.69. The van der Waals surface area contributed by atoms with E-state index in [9.17, 15) is 9.18 Å². The predicted octanol–water partition coefficient (Wildman–Crippen LogP) is 4.49. The van der Waals surface area contributed by atoms with Gasteiger partial charge in [0.25, 0.3) is 5.91 Å². The van der Waals surface area contributed by atoms with Crippen molar-refractivity contribution in [3.63, 3.8) is 0 Å². The molecule has 28 heavy (non-hydrogen) atoms. The molecule has 0 saturated carbocycles. The molecule has 0 saturated heterocycles. The van der Waals surface area contributed by atoms with Crippen molar-refractivity contribution in [3.8, 4) is 5.75 Å². The number of amides is 1. The summed E-state index contributed by atoms with van der Waals surface area (Å²) in [6, 6.07) is 21.2. The summed E-state index contributed by atoms with van der Waals surface area (Å²) in [6.45, 7) is 0.243. The quantitative estimate of drug-likeness (QED) is 0.669. The van der Waals surface area contributed by atoms with E-state index in [0.717, 1.165) is 29.7 Å². The van der Waals surface area contributed by atoms with Gasteiger partial charge in [0.2, 0.25) is 0 Å². The summed E-state index contributed by atoms with van der Waals surface area (Å²) in [5.74, 6) is -0.168. The van der Waals surface area contributed by atoms with Crippen LogP contribution in [0.3, 0.4) is 0 Å². The fourth-order valence-corrected chi connectivity index (χ4v) is 3.22. The maximum atomic E-state index is 13.0. The zero-order chi connectivity index (χ0) is 19.3. The molecule has 1 aliphatic rings. The molecule has 0 bridgehead atoms. The van der Waals surface area contributed by atoms with E-state index in [0.29, 0.717) is 11.3 Å². The molecule has 0 unspecified atom stereocenters. The monoisotopic (exact) mass is 374 g/mol. The highest BCUT2D eigenvalue weighted by atomic mass is 19.1. The molecular weight excluding hydrogens is 355 g/mol. The standard InChI is InChI=1S/C23H19FN2O2/c24-18-12-9-16(10-13-18)15-28-22-8-4-3-7-20(22)23(27)26-25-21-14-11-17-5-1-2-6-19(17)21/h1-10,12-13H,11,14-15H2,(H,26,27). The van der Waals surface area contributed by atoms with Gasteiger partial charge in [-0.3, -0.25) is 4.79 Å². The van der Waals surface area contributed by atoms with E-state index >= 15 is 0 Å². The van der Waals surface area contributed by atoms with Crippen LogP contribution in [-0.4, -0.2) is 11.6 Å². The summed E-state index contributed by atoms with van der Waals surface area (Å²) in [4.78, 5) is 12.6. The minimum absolute atomic E-state index is 0.243. The van der Waals surface area contributed by atoms with Crippen LogP contribution in [0.2, 0.25) is 0 Å². The van der Waals surface area contributed by atoms with Crippen molar-refractivity contribution in [1.82, 2.24) is 5.43 Å². The topological polar surface area (TPSA) is 50.7 Å². The van der Waals surface area contributed by atoms with Crippen LogP contribution in [0.15, 0.2) is 77.9 Å². The fraction of sp³-hybridized carbons (Fsp3) is 0.130. The van der Waals surface area contributed by atoms with Crippen molar-refractivity contribution < 1.29 is 13.9 Å². The van der Waals surface area contributed by atoms with Gasteiger partial charge in [0.1, 0.15) is 18.2 Å². The first kappa shape index (κ1) is 17.9. The summed E-state index contributed by atoms with van der Waals surface area (Å²) in [6.07, 6.45) is 1.74. The van der Waals surface area contributed by atoms with Gasteiger partial charge < -0.3 is 4.74 Å². The third-order valence-electron chi connectivity index (χ3n) is 4.69. The van der Waals surface area contributed by atoms with Gasteiger partial charge in [-0.05, 0) is 48.2 Å². The Kier molecular flexibility index (Phi) is 5.15. The summed E-state index contributed by atoms with van der Waals surface area (Å²) in [5, 5.41) is 4.33. The Bertz CT molecular complexity index is 1030. The summed E-state index contributed by atoms with van der Waals surface area (Å²) in [5.41, 5.74) is 7.09. The van der Waals surface area contributed by atoms with Gasteiger partial charge >= 0.3 is 0 Å². The second-order valence-corrected chi connectivity index (χ2v) is 6.57. The number of benzene rings is 3. The number of carbonyl (C=O) groups excluding carboxylic acids is 1. The Morgan fingerprint density at radius 3 is 2.57 bits per heavy atom. The predicted molar refractivity (Wildman–Crippen MR) is 106 cm³/mol. The zero-order valence-electron chi connectivity index (χ0n) is 15.2. The Labute approximate surface area is 162 Å². The SMILES string of the molecule is O=C(NN=C1CCc2ccccc21)c1ccccc1OCc1ccc(F)cc1. The number of hydrogen-bond acceptors (Lipinski definition) is 3. The number of hydrazone groups is 1. The number of nitrogens with zero attached hydrogens (tertiary/aromatic N) is 1. The van der Waals surface area contributed by atoms with Gasteiger partial charge in [-0.1, -0.05) is 48.5 Å². The smallest absolute Gasteiger partial charge is 0.275 e. The Morgan fingerprint density at radius 2 is 1.71 bits per heavy atom. The molecule has 0 atom stereocenters. The third kappa shape index (κ3) is 3.93. The molecule has 3 aromatic carbocycles. The maximum absolute atomic E-state index is 13.0. The highest BCUT2D eigenvalue weighted by Crippen LogP contribution is 2.22. The summed E-state index contributed by atoms with van der Waals surface area (Å²) in [7, 11) is 0. The average molecular weight is 374 g/mol. The lowest BCUT2D eigenvalue weighted by atomic mass is 10.1. The van der Waals surface area contributed by atoms with Crippen LogP contribution >= 0.6 is 0 Å². The number of nitrogens with one attached hydrogen (secondary N) is 1. The van der Waals surface area contributed by atoms with Crippen molar-refractivity contribution in [1.29, 1.82) is 0 Å². The Hall–Kier alpha value is -3.47. The van der Waals surface area contributed by atoms with Crippen LogP contribution < -0.4 is 10.2 Å². The maximum Gasteiger partial charge on any atom is 0.275 e. The van der Waals surface area contributed by atoms with E-state index in [2.05, 4.69) is 16.6 Å². The molecule has 0 spiro atoms. The van der Waals surface area contributed by atoms with Gasteiger partial charge in [-0.25, -0.2) is 9.82 Å². The molecule has 0 aliphatic heterocycles. The van der Waals surface area contributed by atoms with E-state index < -0.39 is 0 Å². The molecule has 1 aliphatic carbocycles. The number of rotatable bonds is 5. The lowest BCUT2D eigenvalue weighted by Crippen LogP contribution is -2.20. The Balaban J connectivity index is 1.46. The fourth-order valence-electron chi connectivity index (χ4n) is 3.22. The van der Waals surface area contributed by atoms with Gasteiger partial charge in [0, 0.05) is 5.56 Å². The van der Waals surface area contributed by atoms with E-state index in [1.165, 1.54) is 17.7 Å². The Morgan fingerprint density at radius 1 is 0.964 bits per heavy atom. The number of hydrogen-bond donors (Lipinski definition) is 1. The number of ether oxygens (including phenoxy) is 1. The highest BCUT2D eigenvalue weighted by Gasteiger charge is 2.18. The van der Waals surface area contributed by atoms with Gasteiger partial charge in [0.15, 0.2) is 0 Å². The normalized spacial score (nSPS) is 14.0. The summed E-state index contributed by atoms with van der Waals surface area (Å²) >= 11 is 0. The first-order valence-corrected chi connectivity index (χ1v) is 9.12. The van der Waals surface area contributed by atoms with Crippen molar-refractivity contribution in [2.45, 2.75) is 19.4 Å². The molecule has 4 nitrogen and oxygen atoms in total. The van der Waals surface area contributed by atoms with E-state index in [4.69, 9.17) is 4.74 Å². The van der Waals surface area contributed by atoms with Crippen molar-refractivity contribution >= 4 is 11.6 Å². The minimum Gasteiger partial charge on any atom is -0.488 e. The molecule has 0 heterocycles. The van der Waals surface area contributed by atoms with Crippen LogP contribution in [0, 0.1) is 5.82 Å². The van der Waals surface area contributed by atoms with Crippen LogP contribution in [0.5, 0.6) is 5.75 Å². The number of fused-ring (bicyclic) bond motifs is 1.